The number of hydrogen-bond donors (Lipinski definition) is 3. The Morgan fingerprint density at radius 1 is 1.00 bits per heavy atom. The van der Waals surface area contributed by atoms with E-state index in [-0.39, 0.29) is 0 Å². The van der Waals surface area contributed by atoms with Crippen molar-refractivity contribution in [3.63, 3.8) is 0 Å². The van der Waals surface area contributed by atoms with E-state index in [0.717, 1.165) is 30.6 Å². The van der Waals surface area contributed by atoms with E-state index in [9.17, 15) is 0 Å². The van der Waals surface area contributed by atoms with Crippen LogP contribution in [0.5, 0.6) is 0 Å². The molecule has 0 aliphatic carbocycles. The number of hydrazine groups is 1. The van der Waals surface area contributed by atoms with E-state index in [4.69, 9.17) is 23.2 Å². The van der Waals surface area contributed by atoms with Crippen LogP contribution in [0.15, 0.2) is 36.4 Å². The maximum Gasteiger partial charge on any atom is 0.0499 e. The molecule has 2 aromatic rings. The second-order valence-electron chi connectivity index (χ2n) is 5.88. The molecule has 1 saturated heterocycles. The fourth-order valence-electron chi connectivity index (χ4n) is 3.43. The van der Waals surface area contributed by atoms with Crippen LogP contribution in [0.25, 0.3) is 11.1 Å². The monoisotopic (exact) mass is 333 g/mol. The van der Waals surface area contributed by atoms with Crippen molar-refractivity contribution in [2.75, 3.05) is 18.4 Å². The molecular weight excluding hydrogens is 317 g/mol. The van der Waals surface area contributed by atoms with Crippen LogP contribution in [-0.2, 0) is 0 Å². The van der Waals surface area contributed by atoms with Crippen molar-refractivity contribution in [2.24, 2.45) is 0 Å². The Balaban J connectivity index is 1.74. The van der Waals surface area contributed by atoms with Gasteiger partial charge in [-0.3, -0.25) is 10.9 Å². The van der Waals surface area contributed by atoms with Gasteiger partial charge in [-0.2, -0.15) is 0 Å². The van der Waals surface area contributed by atoms with Crippen molar-refractivity contribution in [1.82, 2.24) is 10.9 Å². The van der Waals surface area contributed by atoms with Crippen LogP contribution in [0.2, 0.25) is 10.0 Å². The van der Waals surface area contributed by atoms with Gasteiger partial charge in [-0.1, -0.05) is 35.3 Å². The van der Waals surface area contributed by atoms with E-state index in [1.807, 2.05) is 12.1 Å². The SMILES string of the molecule is Clc1ccc(-c2ccc3c(c2)[C@@H]2CNNCC[C@@H]2N3)c(Cl)c1. The summed E-state index contributed by atoms with van der Waals surface area (Å²) in [7, 11) is 0. The quantitative estimate of drug-likeness (QED) is 0.737. The van der Waals surface area contributed by atoms with Crippen LogP contribution < -0.4 is 16.2 Å². The fraction of sp³-hybridized carbons (Fsp3) is 0.294. The molecule has 2 aromatic carbocycles. The molecule has 22 heavy (non-hydrogen) atoms. The maximum atomic E-state index is 6.36. The number of hydrogen-bond acceptors (Lipinski definition) is 3. The van der Waals surface area contributed by atoms with Crippen LogP contribution in [0.3, 0.4) is 0 Å². The third kappa shape index (κ3) is 2.48. The van der Waals surface area contributed by atoms with Crippen molar-refractivity contribution in [1.29, 1.82) is 0 Å². The molecule has 2 aliphatic rings. The zero-order chi connectivity index (χ0) is 15.1. The molecule has 5 heteroatoms. The Hall–Kier alpha value is -1.26. The van der Waals surface area contributed by atoms with Crippen LogP contribution in [0, 0.1) is 0 Å². The summed E-state index contributed by atoms with van der Waals surface area (Å²) >= 11 is 12.4. The molecule has 2 aliphatic heterocycles. The average molecular weight is 334 g/mol. The van der Waals surface area contributed by atoms with Crippen molar-refractivity contribution < 1.29 is 0 Å². The van der Waals surface area contributed by atoms with Crippen molar-refractivity contribution in [2.45, 2.75) is 18.4 Å². The lowest BCUT2D eigenvalue weighted by molar-refractivity contribution is 0.549. The largest absolute Gasteiger partial charge is 0.381 e. The van der Waals surface area contributed by atoms with Crippen molar-refractivity contribution in [3.8, 4) is 11.1 Å². The molecule has 0 amide bonds. The van der Waals surface area contributed by atoms with Crippen LogP contribution in [0.4, 0.5) is 5.69 Å². The summed E-state index contributed by atoms with van der Waals surface area (Å²) in [6.45, 7) is 1.92. The molecular formula is C17H17Cl2N3. The van der Waals surface area contributed by atoms with Gasteiger partial charge < -0.3 is 5.32 Å². The van der Waals surface area contributed by atoms with E-state index in [1.165, 1.54) is 11.3 Å². The van der Waals surface area contributed by atoms with Gasteiger partial charge in [0, 0.05) is 46.3 Å². The summed E-state index contributed by atoms with van der Waals surface area (Å²) in [6, 6.07) is 12.7. The summed E-state index contributed by atoms with van der Waals surface area (Å²) in [5.74, 6) is 0.482. The summed E-state index contributed by atoms with van der Waals surface area (Å²) in [5.41, 5.74) is 11.3. The molecule has 3 nitrogen and oxygen atoms in total. The van der Waals surface area contributed by atoms with Crippen molar-refractivity contribution in [3.05, 3.63) is 52.0 Å². The van der Waals surface area contributed by atoms with Crippen molar-refractivity contribution >= 4 is 28.9 Å². The summed E-state index contributed by atoms with van der Waals surface area (Å²) in [6.07, 6.45) is 1.11. The van der Waals surface area contributed by atoms with Crippen LogP contribution >= 0.6 is 23.2 Å². The van der Waals surface area contributed by atoms with E-state index in [0.29, 0.717) is 22.0 Å². The molecule has 2 heterocycles. The average Bonchev–Trinajstić information content (AvgIpc) is 2.68. The third-order valence-electron chi connectivity index (χ3n) is 4.55. The molecule has 0 spiro atoms. The summed E-state index contributed by atoms with van der Waals surface area (Å²) in [4.78, 5) is 0. The number of rotatable bonds is 1. The molecule has 0 bridgehead atoms. The number of halogens is 2. The first-order chi connectivity index (χ1) is 10.7. The number of nitrogens with one attached hydrogen (secondary N) is 3. The first-order valence-electron chi connectivity index (χ1n) is 7.54. The minimum atomic E-state index is 0.482. The van der Waals surface area contributed by atoms with E-state index >= 15 is 0 Å². The zero-order valence-electron chi connectivity index (χ0n) is 12.0. The highest BCUT2D eigenvalue weighted by molar-refractivity contribution is 6.36. The number of fused-ring (bicyclic) bond motifs is 3. The fourth-order valence-corrected chi connectivity index (χ4v) is 3.95. The molecule has 2 atom stereocenters. The predicted molar refractivity (Wildman–Crippen MR) is 92.7 cm³/mol. The smallest absolute Gasteiger partial charge is 0.0499 e. The zero-order valence-corrected chi connectivity index (χ0v) is 13.5. The first kappa shape index (κ1) is 14.3. The lowest BCUT2D eigenvalue weighted by atomic mass is 9.91. The summed E-state index contributed by atoms with van der Waals surface area (Å²) < 4.78 is 0. The molecule has 0 aromatic heterocycles. The molecule has 1 fully saturated rings. The minimum Gasteiger partial charge on any atom is -0.381 e. The topological polar surface area (TPSA) is 36.1 Å². The molecule has 3 N–H and O–H groups in total. The Bertz CT molecular complexity index is 717. The Morgan fingerprint density at radius 3 is 2.77 bits per heavy atom. The number of benzene rings is 2. The highest BCUT2D eigenvalue weighted by Gasteiger charge is 2.33. The standard InChI is InChI=1S/C17H17Cl2N3/c18-11-2-3-12(15(19)8-11)10-1-4-16-13(7-10)14-9-21-20-6-5-17(14)22-16/h1-4,7-8,14,17,20-22H,5-6,9H2/t14-,17-/m0/s1. The molecule has 0 unspecified atom stereocenters. The molecule has 114 valence electrons. The van der Waals surface area contributed by atoms with Crippen LogP contribution in [0.1, 0.15) is 17.9 Å². The Labute approximate surface area is 140 Å². The number of anilines is 1. The van der Waals surface area contributed by atoms with E-state index in [1.54, 1.807) is 6.07 Å². The van der Waals surface area contributed by atoms with Gasteiger partial charge in [-0.25, -0.2) is 0 Å². The third-order valence-corrected chi connectivity index (χ3v) is 5.09. The minimum absolute atomic E-state index is 0.482. The Kier molecular flexibility index (Phi) is 3.74. The maximum absolute atomic E-state index is 6.36. The molecule has 4 rings (SSSR count). The van der Waals surface area contributed by atoms with E-state index in [2.05, 4.69) is 34.4 Å². The van der Waals surface area contributed by atoms with Gasteiger partial charge in [-0.05, 0) is 41.8 Å². The lowest BCUT2D eigenvalue weighted by Crippen LogP contribution is -2.32. The van der Waals surface area contributed by atoms with E-state index < -0.39 is 0 Å². The second kappa shape index (κ2) is 5.74. The molecule has 0 saturated carbocycles. The highest BCUT2D eigenvalue weighted by Crippen LogP contribution is 2.41. The normalized spacial score (nSPS) is 23.4. The van der Waals surface area contributed by atoms with Gasteiger partial charge >= 0.3 is 0 Å². The van der Waals surface area contributed by atoms with Gasteiger partial charge in [0.1, 0.15) is 0 Å². The summed E-state index contributed by atoms with van der Waals surface area (Å²) in [5, 5.41) is 5.00. The van der Waals surface area contributed by atoms with Gasteiger partial charge in [0.25, 0.3) is 0 Å². The molecule has 0 radical (unpaired) electrons. The Morgan fingerprint density at radius 2 is 1.91 bits per heavy atom. The second-order valence-corrected chi connectivity index (χ2v) is 6.72. The lowest BCUT2D eigenvalue weighted by Gasteiger charge is -2.16. The first-order valence-corrected chi connectivity index (χ1v) is 8.29. The predicted octanol–water partition coefficient (Wildman–Crippen LogP) is 4.04. The van der Waals surface area contributed by atoms with Crippen LogP contribution in [-0.4, -0.2) is 19.1 Å². The highest BCUT2D eigenvalue weighted by atomic mass is 35.5. The van der Waals surface area contributed by atoms with Gasteiger partial charge in [-0.15, -0.1) is 0 Å². The van der Waals surface area contributed by atoms with Gasteiger partial charge in [0.05, 0.1) is 0 Å². The van der Waals surface area contributed by atoms with Gasteiger partial charge in [0.2, 0.25) is 0 Å². The van der Waals surface area contributed by atoms with Gasteiger partial charge in [0.15, 0.2) is 0 Å².